The van der Waals surface area contributed by atoms with Crippen molar-refractivity contribution < 1.29 is 14.3 Å². The molecule has 1 aliphatic heterocycles. The number of carbonyl (C=O) groups is 2. The minimum Gasteiger partial charge on any atom is -0.466 e. The van der Waals surface area contributed by atoms with Crippen molar-refractivity contribution in [1.82, 2.24) is 9.47 Å². The topological polar surface area (TPSA) is 51.5 Å². The third-order valence-electron chi connectivity index (χ3n) is 6.03. The smallest absolute Gasteiger partial charge is 0.309 e. The number of likely N-dealkylation sites (tertiary alicyclic amines) is 1. The van der Waals surface area contributed by atoms with Gasteiger partial charge in [-0.3, -0.25) is 9.59 Å². The van der Waals surface area contributed by atoms with E-state index in [4.69, 9.17) is 16.3 Å². The summed E-state index contributed by atoms with van der Waals surface area (Å²) in [5.41, 5.74) is 2.30. The molecule has 0 radical (unpaired) electrons. The molecule has 1 aromatic heterocycles. The largest absolute Gasteiger partial charge is 0.466 e. The third-order valence-corrected chi connectivity index (χ3v) is 7.52. The van der Waals surface area contributed by atoms with Crippen LogP contribution < -0.4 is 0 Å². The number of aryl methyl sites for hydroxylation is 1. The number of hydrogen-bond acceptors (Lipinski definition) is 4. The van der Waals surface area contributed by atoms with Crippen molar-refractivity contribution in [2.24, 2.45) is 13.0 Å². The number of rotatable bonds is 6. The van der Waals surface area contributed by atoms with Gasteiger partial charge < -0.3 is 14.2 Å². The van der Waals surface area contributed by atoms with E-state index in [1.165, 1.54) is 10.9 Å². The molecule has 1 fully saturated rings. The van der Waals surface area contributed by atoms with E-state index in [9.17, 15) is 9.59 Å². The van der Waals surface area contributed by atoms with Gasteiger partial charge in [-0.05, 0) is 61.7 Å². The molecule has 1 aliphatic rings. The summed E-state index contributed by atoms with van der Waals surface area (Å²) < 4.78 is 7.20. The SMILES string of the molecule is C=C(C(=O)N1CCC(C(=O)OCC)CC1)c1ccc(Sc2ccc3c(ccn3C)c2)c(Cl)c1. The minimum atomic E-state index is -0.172. The lowest BCUT2D eigenvalue weighted by molar-refractivity contribution is -0.150. The fraction of sp³-hybridized carbons (Fsp3) is 0.308. The summed E-state index contributed by atoms with van der Waals surface area (Å²) in [6.45, 7) is 7.24. The maximum absolute atomic E-state index is 13.0. The zero-order valence-corrected chi connectivity index (χ0v) is 20.4. The molecule has 4 rings (SSSR count). The molecule has 0 unspecified atom stereocenters. The van der Waals surface area contributed by atoms with Crippen LogP contribution in [-0.4, -0.2) is 41.0 Å². The Balaban J connectivity index is 1.41. The lowest BCUT2D eigenvalue weighted by Crippen LogP contribution is -2.40. The minimum absolute atomic E-state index is 0.122. The summed E-state index contributed by atoms with van der Waals surface area (Å²) >= 11 is 8.17. The molecule has 1 saturated heterocycles. The lowest BCUT2D eigenvalue weighted by Gasteiger charge is -2.31. The fourth-order valence-electron chi connectivity index (χ4n) is 4.11. The van der Waals surface area contributed by atoms with Crippen molar-refractivity contribution in [3.63, 3.8) is 0 Å². The van der Waals surface area contributed by atoms with Crippen LogP contribution in [0.2, 0.25) is 5.02 Å². The molecule has 172 valence electrons. The van der Waals surface area contributed by atoms with Crippen LogP contribution in [0.1, 0.15) is 25.3 Å². The van der Waals surface area contributed by atoms with Gasteiger partial charge >= 0.3 is 5.97 Å². The zero-order chi connectivity index (χ0) is 23.5. The number of nitrogens with zero attached hydrogens (tertiary/aromatic N) is 2. The number of esters is 1. The molecule has 0 N–H and O–H groups in total. The van der Waals surface area contributed by atoms with E-state index in [0.29, 0.717) is 48.7 Å². The molecule has 0 spiro atoms. The monoisotopic (exact) mass is 482 g/mol. The van der Waals surface area contributed by atoms with Crippen LogP contribution in [-0.2, 0) is 21.4 Å². The van der Waals surface area contributed by atoms with Crippen LogP contribution in [0.4, 0.5) is 0 Å². The molecule has 2 heterocycles. The van der Waals surface area contributed by atoms with Gasteiger partial charge in [0, 0.05) is 52.6 Å². The predicted octanol–water partition coefficient (Wildman–Crippen LogP) is 5.80. The van der Waals surface area contributed by atoms with E-state index < -0.39 is 0 Å². The van der Waals surface area contributed by atoms with E-state index in [1.54, 1.807) is 29.7 Å². The van der Waals surface area contributed by atoms with Gasteiger partial charge in [-0.25, -0.2) is 0 Å². The highest BCUT2D eigenvalue weighted by Crippen LogP contribution is 2.36. The number of halogens is 1. The van der Waals surface area contributed by atoms with Crippen LogP contribution in [0, 0.1) is 5.92 Å². The highest BCUT2D eigenvalue weighted by molar-refractivity contribution is 7.99. The Labute approximate surface area is 203 Å². The number of hydrogen-bond donors (Lipinski definition) is 0. The highest BCUT2D eigenvalue weighted by Gasteiger charge is 2.29. The van der Waals surface area contributed by atoms with Crippen molar-refractivity contribution in [1.29, 1.82) is 0 Å². The Bertz CT molecular complexity index is 1210. The van der Waals surface area contributed by atoms with Gasteiger partial charge in [-0.15, -0.1) is 0 Å². The second kappa shape index (κ2) is 10.1. The average Bonchev–Trinajstić information content (AvgIpc) is 3.19. The molecule has 0 saturated carbocycles. The van der Waals surface area contributed by atoms with Crippen molar-refractivity contribution >= 4 is 51.7 Å². The van der Waals surface area contributed by atoms with E-state index >= 15 is 0 Å². The summed E-state index contributed by atoms with van der Waals surface area (Å²) in [7, 11) is 2.03. The summed E-state index contributed by atoms with van der Waals surface area (Å²) in [6.07, 6.45) is 3.27. The quantitative estimate of drug-likeness (QED) is 0.329. The number of carbonyl (C=O) groups excluding carboxylic acids is 2. The van der Waals surface area contributed by atoms with E-state index in [2.05, 4.69) is 35.4 Å². The van der Waals surface area contributed by atoms with Crippen molar-refractivity contribution in [2.45, 2.75) is 29.6 Å². The van der Waals surface area contributed by atoms with Crippen LogP contribution >= 0.6 is 23.4 Å². The molecule has 33 heavy (non-hydrogen) atoms. The lowest BCUT2D eigenvalue weighted by atomic mass is 9.96. The summed E-state index contributed by atoms with van der Waals surface area (Å²) in [4.78, 5) is 28.7. The molecule has 0 aliphatic carbocycles. The first-order valence-electron chi connectivity index (χ1n) is 11.0. The first-order valence-corrected chi connectivity index (χ1v) is 12.2. The van der Waals surface area contributed by atoms with Crippen LogP contribution in [0.15, 0.2) is 65.0 Å². The number of ether oxygens (including phenoxy) is 1. The third kappa shape index (κ3) is 5.12. The number of benzene rings is 2. The number of aromatic nitrogens is 1. The van der Waals surface area contributed by atoms with Gasteiger partial charge in [0.15, 0.2) is 0 Å². The van der Waals surface area contributed by atoms with Crippen LogP contribution in [0.25, 0.3) is 16.5 Å². The molecule has 0 bridgehead atoms. The Morgan fingerprint density at radius 3 is 2.61 bits per heavy atom. The molecule has 1 amide bonds. The number of fused-ring (bicyclic) bond motifs is 1. The van der Waals surface area contributed by atoms with E-state index in [0.717, 1.165) is 9.79 Å². The Morgan fingerprint density at radius 1 is 1.15 bits per heavy atom. The molecule has 7 heteroatoms. The standard InChI is InChI=1S/C26H27ClN2O3S/c1-4-32-26(31)18-10-13-29(14-11-18)25(30)17(2)19-5-8-24(22(27)16-19)33-21-6-7-23-20(15-21)9-12-28(23)3/h5-9,12,15-16,18H,2,4,10-11,13-14H2,1,3H3. The van der Waals surface area contributed by atoms with Crippen molar-refractivity contribution in [3.8, 4) is 0 Å². The first-order chi connectivity index (χ1) is 15.9. The predicted molar refractivity (Wildman–Crippen MR) is 133 cm³/mol. The Morgan fingerprint density at radius 2 is 1.91 bits per heavy atom. The van der Waals surface area contributed by atoms with Gasteiger partial charge in [-0.1, -0.05) is 36.0 Å². The Hall–Kier alpha value is -2.70. The molecule has 3 aromatic rings. The number of piperidine rings is 1. The van der Waals surface area contributed by atoms with Gasteiger partial charge in [0.2, 0.25) is 0 Å². The number of amides is 1. The van der Waals surface area contributed by atoms with Gasteiger partial charge in [0.05, 0.1) is 17.5 Å². The molecule has 2 aromatic carbocycles. The first kappa shape index (κ1) is 23.5. The van der Waals surface area contributed by atoms with Gasteiger partial charge in [0.25, 0.3) is 5.91 Å². The fourth-order valence-corrected chi connectivity index (χ4v) is 5.28. The average molecular weight is 483 g/mol. The zero-order valence-electron chi connectivity index (χ0n) is 18.8. The maximum Gasteiger partial charge on any atom is 0.309 e. The maximum atomic E-state index is 13.0. The molecular formula is C26H27ClN2O3S. The summed E-state index contributed by atoms with van der Waals surface area (Å²) in [5, 5.41) is 1.77. The highest BCUT2D eigenvalue weighted by atomic mass is 35.5. The van der Waals surface area contributed by atoms with Gasteiger partial charge in [-0.2, -0.15) is 0 Å². The van der Waals surface area contributed by atoms with E-state index in [-0.39, 0.29) is 17.8 Å². The summed E-state index contributed by atoms with van der Waals surface area (Å²) in [6, 6.07) is 14.0. The summed E-state index contributed by atoms with van der Waals surface area (Å²) in [5.74, 6) is -0.429. The normalized spacial score (nSPS) is 14.5. The molecular weight excluding hydrogens is 456 g/mol. The van der Waals surface area contributed by atoms with Gasteiger partial charge in [0.1, 0.15) is 0 Å². The Kier molecular flexibility index (Phi) is 7.15. The van der Waals surface area contributed by atoms with Crippen LogP contribution in [0.5, 0.6) is 0 Å². The second-order valence-corrected chi connectivity index (χ2v) is 9.71. The van der Waals surface area contributed by atoms with Crippen molar-refractivity contribution in [2.75, 3.05) is 19.7 Å². The second-order valence-electron chi connectivity index (χ2n) is 8.19. The van der Waals surface area contributed by atoms with Crippen LogP contribution in [0.3, 0.4) is 0 Å². The molecule has 5 nitrogen and oxygen atoms in total. The van der Waals surface area contributed by atoms with E-state index in [1.807, 2.05) is 25.4 Å². The van der Waals surface area contributed by atoms with Crippen molar-refractivity contribution in [3.05, 3.63) is 65.8 Å². The molecule has 0 atom stereocenters.